The summed E-state index contributed by atoms with van der Waals surface area (Å²) in [6, 6.07) is 6.90. The van der Waals surface area contributed by atoms with E-state index < -0.39 is 11.9 Å². The van der Waals surface area contributed by atoms with Crippen LogP contribution in [0.15, 0.2) is 36.7 Å². The van der Waals surface area contributed by atoms with E-state index in [0.29, 0.717) is 24.0 Å². The van der Waals surface area contributed by atoms with Gasteiger partial charge in [0, 0.05) is 12.2 Å². The molecule has 138 valence electrons. The number of para-hydroxylation sites is 2. The summed E-state index contributed by atoms with van der Waals surface area (Å²) >= 11 is 0. The van der Waals surface area contributed by atoms with E-state index in [-0.39, 0.29) is 17.3 Å². The summed E-state index contributed by atoms with van der Waals surface area (Å²) in [5.41, 5.74) is 5.82. The van der Waals surface area contributed by atoms with Crippen LogP contribution < -0.4 is 5.73 Å². The van der Waals surface area contributed by atoms with Crippen molar-refractivity contribution in [2.45, 2.75) is 38.4 Å². The van der Waals surface area contributed by atoms with Crippen LogP contribution in [0, 0.1) is 0 Å². The van der Waals surface area contributed by atoms with Crippen molar-refractivity contribution in [2.75, 3.05) is 6.54 Å². The SMILES string of the molecule is CC(CCCCN)n1cc(-c2cnc3ccccc3n2)c(C(F)(F)F)n1. The van der Waals surface area contributed by atoms with Gasteiger partial charge in [-0.05, 0) is 38.4 Å². The monoisotopic (exact) mass is 363 g/mol. The van der Waals surface area contributed by atoms with Crippen molar-refractivity contribution in [2.24, 2.45) is 5.73 Å². The van der Waals surface area contributed by atoms with E-state index in [4.69, 9.17) is 5.73 Å². The summed E-state index contributed by atoms with van der Waals surface area (Å²) in [6.07, 6.45) is 0.585. The molecule has 0 radical (unpaired) electrons. The van der Waals surface area contributed by atoms with E-state index >= 15 is 0 Å². The predicted octanol–water partition coefficient (Wildman–Crippen LogP) is 4.20. The highest BCUT2D eigenvalue weighted by atomic mass is 19.4. The molecule has 0 saturated heterocycles. The minimum Gasteiger partial charge on any atom is -0.330 e. The minimum atomic E-state index is -4.56. The van der Waals surface area contributed by atoms with Gasteiger partial charge in [-0.2, -0.15) is 18.3 Å². The van der Waals surface area contributed by atoms with Gasteiger partial charge in [-0.3, -0.25) is 9.67 Å². The standard InChI is InChI=1S/C18H20F3N5/c1-12(6-4-5-9-22)26-11-13(17(25-26)18(19,20)21)16-10-23-14-7-2-3-8-15(14)24-16/h2-3,7-8,10-12H,4-6,9,22H2,1H3. The molecule has 5 nitrogen and oxygen atoms in total. The lowest BCUT2D eigenvalue weighted by atomic mass is 10.1. The van der Waals surface area contributed by atoms with Gasteiger partial charge in [0.1, 0.15) is 0 Å². The van der Waals surface area contributed by atoms with Gasteiger partial charge in [0.05, 0.1) is 28.5 Å². The smallest absolute Gasteiger partial charge is 0.330 e. The Hall–Kier alpha value is -2.48. The number of unbranched alkanes of at least 4 members (excludes halogenated alkanes) is 1. The molecule has 0 amide bonds. The normalized spacial score (nSPS) is 13.3. The fourth-order valence-corrected chi connectivity index (χ4v) is 2.82. The topological polar surface area (TPSA) is 69.6 Å². The van der Waals surface area contributed by atoms with E-state index in [9.17, 15) is 13.2 Å². The third-order valence-electron chi connectivity index (χ3n) is 4.25. The van der Waals surface area contributed by atoms with Crippen LogP contribution in [0.4, 0.5) is 13.2 Å². The number of nitrogens with two attached hydrogens (primary N) is 1. The third kappa shape index (κ3) is 3.85. The van der Waals surface area contributed by atoms with Crippen molar-refractivity contribution in [3.63, 3.8) is 0 Å². The molecule has 0 spiro atoms. The zero-order chi connectivity index (χ0) is 18.7. The second-order valence-corrected chi connectivity index (χ2v) is 6.25. The maximum atomic E-state index is 13.5. The molecule has 26 heavy (non-hydrogen) atoms. The van der Waals surface area contributed by atoms with E-state index in [1.165, 1.54) is 17.1 Å². The Balaban J connectivity index is 2.01. The Bertz CT molecular complexity index is 888. The number of aromatic nitrogens is 4. The van der Waals surface area contributed by atoms with E-state index in [1.54, 1.807) is 24.3 Å². The highest BCUT2D eigenvalue weighted by Crippen LogP contribution is 2.36. The molecule has 1 atom stereocenters. The molecule has 0 aliphatic rings. The molecule has 1 unspecified atom stereocenters. The third-order valence-corrected chi connectivity index (χ3v) is 4.25. The van der Waals surface area contributed by atoms with Crippen LogP contribution in [0.25, 0.3) is 22.3 Å². The lowest BCUT2D eigenvalue weighted by Gasteiger charge is -2.11. The Morgan fingerprint density at radius 1 is 1.15 bits per heavy atom. The van der Waals surface area contributed by atoms with Crippen LogP contribution in [-0.2, 0) is 6.18 Å². The number of halogens is 3. The number of hydrogen-bond donors (Lipinski definition) is 1. The van der Waals surface area contributed by atoms with Gasteiger partial charge >= 0.3 is 6.18 Å². The summed E-state index contributed by atoms with van der Waals surface area (Å²) in [5, 5.41) is 3.81. The van der Waals surface area contributed by atoms with E-state index in [2.05, 4.69) is 15.1 Å². The summed E-state index contributed by atoms with van der Waals surface area (Å²) in [6.45, 7) is 2.41. The summed E-state index contributed by atoms with van der Waals surface area (Å²) in [5.74, 6) is 0. The maximum Gasteiger partial charge on any atom is 0.435 e. The molecule has 8 heteroatoms. The first-order valence-electron chi connectivity index (χ1n) is 8.48. The van der Waals surface area contributed by atoms with Gasteiger partial charge in [0.25, 0.3) is 0 Å². The summed E-state index contributed by atoms with van der Waals surface area (Å²) in [4.78, 5) is 8.55. The summed E-state index contributed by atoms with van der Waals surface area (Å²) in [7, 11) is 0. The molecule has 0 aliphatic carbocycles. The quantitative estimate of drug-likeness (QED) is 0.666. The Morgan fingerprint density at radius 2 is 1.88 bits per heavy atom. The largest absolute Gasteiger partial charge is 0.435 e. The van der Waals surface area contributed by atoms with Crippen molar-refractivity contribution in [3.05, 3.63) is 42.4 Å². The fourth-order valence-electron chi connectivity index (χ4n) is 2.82. The molecule has 0 bridgehead atoms. The molecule has 0 aliphatic heterocycles. The second kappa shape index (κ2) is 7.41. The number of nitrogens with zero attached hydrogens (tertiary/aromatic N) is 4. The van der Waals surface area contributed by atoms with E-state index in [1.807, 2.05) is 6.92 Å². The average molecular weight is 363 g/mol. The molecule has 0 fully saturated rings. The Kier molecular flexibility index (Phi) is 5.22. The molecule has 2 N–H and O–H groups in total. The van der Waals surface area contributed by atoms with Crippen LogP contribution >= 0.6 is 0 Å². The molecule has 1 aromatic carbocycles. The predicted molar refractivity (Wildman–Crippen MR) is 93.4 cm³/mol. The van der Waals surface area contributed by atoms with Crippen molar-refractivity contribution in [1.29, 1.82) is 0 Å². The molecule has 3 aromatic rings. The Morgan fingerprint density at radius 3 is 2.58 bits per heavy atom. The summed E-state index contributed by atoms with van der Waals surface area (Å²) < 4.78 is 41.8. The second-order valence-electron chi connectivity index (χ2n) is 6.25. The Labute approximate surface area is 149 Å². The highest BCUT2D eigenvalue weighted by Gasteiger charge is 2.38. The highest BCUT2D eigenvalue weighted by molar-refractivity contribution is 5.77. The molecule has 3 rings (SSSR count). The van der Waals surface area contributed by atoms with Crippen LogP contribution in [0.3, 0.4) is 0 Å². The van der Waals surface area contributed by atoms with Gasteiger partial charge in [-0.15, -0.1) is 0 Å². The number of benzene rings is 1. The number of rotatable bonds is 6. The van der Waals surface area contributed by atoms with Crippen LogP contribution in [0.1, 0.15) is 37.9 Å². The maximum absolute atomic E-state index is 13.5. The first kappa shape index (κ1) is 18.3. The van der Waals surface area contributed by atoms with Crippen molar-refractivity contribution in [1.82, 2.24) is 19.7 Å². The first-order valence-corrected chi connectivity index (χ1v) is 8.48. The minimum absolute atomic E-state index is 0.0542. The average Bonchev–Trinajstić information content (AvgIpc) is 3.07. The number of alkyl halides is 3. The van der Waals surface area contributed by atoms with Crippen molar-refractivity contribution >= 4 is 11.0 Å². The van der Waals surface area contributed by atoms with Gasteiger partial charge in [-0.25, -0.2) is 4.98 Å². The lowest BCUT2D eigenvalue weighted by Crippen LogP contribution is -2.11. The van der Waals surface area contributed by atoms with Crippen LogP contribution in [0.5, 0.6) is 0 Å². The molecule has 2 heterocycles. The lowest BCUT2D eigenvalue weighted by molar-refractivity contribution is -0.141. The fraction of sp³-hybridized carbons (Fsp3) is 0.389. The molecule has 2 aromatic heterocycles. The van der Waals surface area contributed by atoms with Gasteiger partial charge < -0.3 is 5.73 Å². The first-order chi connectivity index (χ1) is 12.4. The molecular weight excluding hydrogens is 343 g/mol. The van der Waals surface area contributed by atoms with E-state index in [0.717, 1.165) is 12.8 Å². The number of hydrogen-bond acceptors (Lipinski definition) is 4. The van der Waals surface area contributed by atoms with Crippen molar-refractivity contribution in [3.8, 4) is 11.3 Å². The number of fused-ring (bicyclic) bond motifs is 1. The van der Waals surface area contributed by atoms with Crippen LogP contribution in [0.2, 0.25) is 0 Å². The molecule has 0 saturated carbocycles. The molecular formula is C18H20F3N5. The van der Waals surface area contributed by atoms with Crippen molar-refractivity contribution < 1.29 is 13.2 Å². The van der Waals surface area contributed by atoms with Gasteiger partial charge in [0.15, 0.2) is 5.69 Å². The van der Waals surface area contributed by atoms with Gasteiger partial charge in [-0.1, -0.05) is 18.6 Å². The van der Waals surface area contributed by atoms with Crippen LogP contribution in [-0.4, -0.2) is 26.3 Å². The zero-order valence-electron chi connectivity index (χ0n) is 14.4. The van der Waals surface area contributed by atoms with Gasteiger partial charge in [0.2, 0.25) is 0 Å². The zero-order valence-corrected chi connectivity index (χ0v) is 14.4.